The molecule has 1 saturated heterocycles. The van der Waals surface area contributed by atoms with Gasteiger partial charge in [0.15, 0.2) is 11.2 Å². The predicted molar refractivity (Wildman–Crippen MR) is 127 cm³/mol. The van der Waals surface area contributed by atoms with Gasteiger partial charge in [0, 0.05) is 21.6 Å². The molecule has 0 N–H and O–H groups in total. The van der Waals surface area contributed by atoms with Gasteiger partial charge in [-0.2, -0.15) is 10.5 Å². The molecular formula is C27H18BrN3O. The summed E-state index contributed by atoms with van der Waals surface area (Å²) in [5, 5.41) is 20.8. The first-order valence-corrected chi connectivity index (χ1v) is 11.1. The summed E-state index contributed by atoms with van der Waals surface area (Å²) in [5.41, 5.74) is 1.75. The molecule has 2 aliphatic heterocycles. The van der Waals surface area contributed by atoms with Crippen LogP contribution in [0.5, 0.6) is 0 Å². The zero-order valence-electron chi connectivity index (χ0n) is 17.0. The molecule has 3 aromatic rings. The summed E-state index contributed by atoms with van der Waals surface area (Å²) in [6.45, 7) is 0. The van der Waals surface area contributed by atoms with Gasteiger partial charge in [-0.05, 0) is 29.3 Å². The Morgan fingerprint density at radius 1 is 0.938 bits per heavy atom. The van der Waals surface area contributed by atoms with Crippen molar-refractivity contribution in [1.82, 2.24) is 0 Å². The zero-order valence-corrected chi connectivity index (χ0v) is 18.6. The van der Waals surface area contributed by atoms with Crippen LogP contribution in [0.15, 0.2) is 89.4 Å². The van der Waals surface area contributed by atoms with Crippen molar-refractivity contribution in [2.75, 3.05) is 4.90 Å². The number of rotatable bonds is 3. The Morgan fingerprint density at radius 3 is 2.38 bits per heavy atom. The van der Waals surface area contributed by atoms with Gasteiger partial charge in [0.1, 0.15) is 6.04 Å². The molecule has 0 radical (unpaired) electrons. The van der Waals surface area contributed by atoms with Gasteiger partial charge < -0.3 is 4.90 Å². The van der Waals surface area contributed by atoms with E-state index in [-0.39, 0.29) is 5.78 Å². The Kier molecular flexibility index (Phi) is 4.93. The summed E-state index contributed by atoms with van der Waals surface area (Å²) in [7, 11) is 0. The van der Waals surface area contributed by atoms with Gasteiger partial charge >= 0.3 is 0 Å². The fraction of sp³-hybridized carbons (Fsp3) is 0.148. The van der Waals surface area contributed by atoms with E-state index in [1.807, 2.05) is 83.8 Å². The topological polar surface area (TPSA) is 67.9 Å². The highest BCUT2D eigenvalue weighted by molar-refractivity contribution is 9.10. The second kappa shape index (κ2) is 7.79. The van der Waals surface area contributed by atoms with Gasteiger partial charge in [-0.1, -0.05) is 88.7 Å². The average molecular weight is 480 g/mol. The van der Waals surface area contributed by atoms with Crippen molar-refractivity contribution in [3.05, 3.63) is 106 Å². The lowest BCUT2D eigenvalue weighted by Crippen LogP contribution is -2.44. The molecule has 0 amide bonds. The second-order valence-corrected chi connectivity index (χ2v) is 8.99. The predicted octanol–water partition coefficient (Wildman–Crippen LogP) is 5.73. The average Bonchev–Trinajstić information content (AvgIpc) is 3.15. The first-order chi connectivity index (χ1) is 15.6. The fourth-order valence-corrected chi connectivity index (χ4v) is 5.50. The highest BCUT2D eigenvalue weighted by Crippen LogP contribution is 2.55. The van der Waals surface area contributed by atoms with Crippen LogP contribution in [-0.4, -0.2) is 17.9 Å². The molecule has 2 aliphatic rings. The molecule has 0 aromatic heterocycles. The molecule has 5 rings (SSSR count). The Morgan fingerprint density at radius 2 is 1.66 bits per heavy atom. The maximum atomic E-state index is 14.0. The lowest BCUT2D eigenvalue weighted by molar-refractivity contribution is 0.0951. The Labute approximate surface area is 195 Å². The number of ketones is 1. The smallest absolute Gasteiger partial charge is 0.185 e. The SMILES string of the molecule is N#CC1(C#N)[C@H](c2cccc(Br)c2)[C@@H](C(=O)c2ccccc2)N2c3ccccc3C=C[C@@H]21. The van der Waals surface area contributed by atoms with Gasteiger partial charge in [-0.3, -0.25) is 4.79 Å². The largest absolute Gasteiger partial charge is 0.351 e. The molecular weight excluding hydrogens is 462 g/mol. The molecule has 0 bridgehead atoms. The highest BCUT2D eigenvalue weighted by Gasteiger charge is 2.63. The monoisotopic (exact) mass is 479 g/mol. The van der Waals surface area contributed by atoms with Gasteiger partial charge in [0.2, 0.25) is 0 Å². The highest BCUT2D eigenvalue weighted by atomic mass is 79.9. The Hall–Kier alpha value is -3.67. The molecule has 0 saturated carbocycles. The second-order valence-electron chi connectivity index (χ2n) is 8.07. The number of hydrogen-bond donors (Lipinski definition) is 0. The third kappa shape index (κ3) is 2.90. The van der Waals surface area contributed by atoms with Crippen molar-refractivity contribution in [3.8, 4) is 12.1 Å². The first kappa shape index (κ1) is 20.2. The lowest BCUT2D eigenvalue weighted by atomic mass is 9.69. The summed E-state index contributed by atoms with van der Waals surface area (Å²) >= 11 is 3.52. The number of nitriles is 2. The number of carbonyl (C=O) groups excluding carboxylic acids is 1. The molecule has 0 aliphatic carbocycles. The van der Waals surface area contributed by atoms with Gasteiger partial charge in [0.05, 0.1) is 18.2 Å². The maximum Gasteiger partial charge on any atom is 0.185 e. The molecule has 32 heavy (non-hydrogen) atoms. The minimum absolute atomic E-state index is 0.0990. The standard InChI is InChI=1S/C27H18BrN3O/c28-21-11-6-10-20(15-21)24-25(26(32)19-8-2-1-3-9-19)31-22-12-5-4-7-18(22)13-14-23(31)27(24,16-29)17-30/h1-15,23-25H/t23-,24-,25+/m1/s1. The zero-order chi connectivity index (χ0) is 22.3. The van der Waals surface area contributed by atoms with Gasteiger partial charge in [-0.25, -0.2) is 0 Å². The van der Waals surface area contributed by atoms with E-state index in [0.29, 0.717) is 5.56 Å². The summed E-state index contributed by atoms with van der Waals surface area (Å²) in [6.07, 6.45) is 3.85. The van der Waals surface area contributed by atoms with Crippen LogP contribution in [0, 0.1) is 28.1 Å². The molecule has 3 aromatic carbocycles. The number of anilines is 1. The van der Waals surface area contributed by atoms with E-state index in [2.05, 4.69) is 28.1 Å². The third-order valence-corrected chi connectivity index (χ3v) is 6.94. The number of halogens is 1. The van der Waals surface area contributed by atoms with E-state index >= 15 is 0 Å². The van der Waals surface area contributed by atoms with E-state index < -0.39 is 23.4 Å². The molecule has 2 heterocycles. The van der Waals surface area contributed by atoms with Gasteiger partial charge in [0.25, 0.3) is 0 Å². The van der Waals surface area contributed by atoms with Crippen molar-refractivity contribution < 1.29 is 4.79 Å². The van der Waals surface area contributed by atoms with Gasteiger partial charge in [-0.15, -0.1) is 0 Å². The Bertz CT molecular complexity index is 1300. The normalized spacial score (nSPS) is 22.3. The van der Waals surface area contributed by atoms with E-state index in [9.17, 15) is 15.3 Å². The number of nitrogens with zero attached hydrogens (tertiary/aromatic N) is 3. The van der Waals surface area contributed by atoms with E-state index in [1.165, 1.54) is 0 Å². The van der Waals surface area contributed by atoms with Crippen molar-refractivity contribution in [1.29, 1.82) is 10.5 Å². The molecule has 4 nitrogen and oxygen atoms in total. The minimum Gasteiger partial charge on any atom is -0.351 e. The van der Waals surface area contributed by atoms with Crippen molar-refractivity contribution in [2.45, 2.75) is 18.0 Å². The molecule has 1 fully saturated rings. The van der Waals surface area contributed by atoms with Crippen LogP contribution >= 0.6 is 15.9 Å². The van der Waals surface area contributed by atoms with E-state index in [1.54, 1.807) is 12.1 Å². The van der Waals surface area contributed by atoms with E-state index in [0.717, 1.165) is 21.3 Å². The number of carbonyl (C=O) groups is 1. The molecule has 154 valence electrons. The number of fused-ring (bicyclic) bond motifs is 3. The number of Topliss-reactive ketones (excluding diaryl/α,β-unsaturated/α-hetero) is 1. The van der Waals surface area contributed by atoms with Crippen LogP contribution in [0.25, 0.3) is 6.08 Å². The summed E-state index contributed by atoms with van der Waals surface area (Å²) in [5.74, 6) is -0.735. The van der Waals surface area contributed by atoms with Crippen LogP contribution in [-0.2, 0) is 0 Å². The quantitative estimate of drug-likeness (QED) is 0.449. The van der Waals surface area contributed by atoms with Crippen LogP contribution in [0.1, 0.15) is 27.4 Å². The molecule has 0 spiro atoms. The van der Waals surface area contributed by atoms with Crippen LogP contribution in [0.4, 0.5) is 5.69 Å². The van der Waals surface area contributed by atoms with Crippen LogP contribution in [0.3, 0.4) is 0 Å². The summed E-state index contributed by atoms with van der Waals surface area (Å²) in [4.78, 5) is 16.0. The third-order valence-electron chi connectivity index (χ3n) is 6.45. The number of benzene rings is 3. The van der Waals surface area contributed by atoms with Crippen molar-refractivity contribution in [2.24, 2.45) is 5.41 Å². The number of para-hydroxylation sites is 1. The molecule has 0 unspecified atom stereocenters. The van der Waals surface area contributed by atoms with Crippen LogP contribution in [0.2, 0.25) is 0 Å². The summed E-state index contributed by atoms with van der Waals surface area (Å²) in [6, 6.07) is 27.9. The lowest BCUT2D eigenvalue weighted by Gasteiger charge is -2.35. The minimum atomic E-state index is -1.43. The molecule has 3 atom stereocenters. The van der Waals surface area contributed by atoms with Crippen molar-refractivity contribution >= 4 is 33.5 Å². The maximum absolute atomic E-state index is 14.0. The first-order valence-electron chi connectivity index (χ1n) is 10.3. The molecule has 5 heteroatoms. The fourth-order valence-electron chi connectivity index (χ4n) is 5.08. The number of hydrogen-bond acceptors (Lipinski definition) is 4. The van der Waals surface area contributed by atoms with Crippen molar-refractivity contribution in [3.63, 3.8) is 0 Å². The van der Waals surface area contributed by atoms with E-state index in [4.69, 9.17) is 0 Å². The van der Waals surface area contributed by atoms with Crippen LogP contribution < -0.4 is 4.90 Å². The Balaban J connectivity index is 1.80. The summed E-state index contributed by atoms with van der Waals surface area (Å²) < 4.78 is 0.839.